The van der Waals surface area contributed by atoms with Crippen molar-refractivity contribution >= 4 is 12.6 Å². The molecular weight excluding hydrogens is 226 g/mol. The number of fused-ring (bicyclic) bond motifs is 1. The molecule has 3 rings (SSSR count). The summed E-state index contributed by atoms with van der Waals surface area (Å²) >= 11 is 4.30. The molecule has 1 saturated heterocycles. The average Bonchev–Trinajstić information content (AvgIpc) is 2.91. The molecule has 0 radical (unpaired) electrons. The lowest BCUT2D eigenvalue weighted by molar-refractivity contribution is 0.300. The Kier molecular flexibility index (Phi) is 2.95. The first-order chi connectivity index (χ1) is 8.24. The van der Waals surface area contributed by atoms with E-state index in [9.17, 15) is 0 Å². The lowest BCUT2D eigenvalue weighted by atomic mass is 9.94. The molecule has 1 aliphatic carbocycles. The summed E-state index contributed by atoms with van der Waals surface area (Å²) in [7, 11) is 0. The van der Waals surface area contributed by atoms with Crippen LogP contribution in [-0.4, -0.2) is 30.3 Å². The Bertz CT molecular complexity index is 400. The minimum absolute atomic E-state index is 0.518. The summed E-state index contributed by atoms with van der Waals surface area (Å²) < 4.78 is 0. The van der Waals surface area contributed by atoms with Crippen molar-refractivity contribution in [2.45, 2.75) is 25.2 Å². The third-order valence-corrected chi connectivity index (χ3v) is 4.79. The molecule has 17 heavy (non-hydrogen) atoms. The molecule has 1 aromatic carbocycles. The molecule has 0 N–H and O–H groups in total. The smallest absolute Gasteiger partial charge is 0.0124 e. The van der Waals surface area contributed by atoms with Crippen LogP contribution in [0.15, 0.2) is 24.3 Å². The summed E-state index contributed by atoms with van der Waals surface area (Å²) in [6, 6.07) is 9.21. The van der Waals surface area contributed by atoms with E-state index in [1.807, 2.05) is 0 Å². The largest absolute Gasteiger partial charge is 0.302 e. The van der Waals surface area contributed by atoms with Gasteiger partial charge in [-0.15, -0.1) is 0 Å². The Balaban J connectivity index is 1.71. The van der Waals surface area contributed by atoms with Gasteiger partial charge in [-0.25, -0.2) is 0 Å². The van der Waals surface area contributed by atoms with E-state index in [1.165, 1.54) is 38.0 Å². The van der Waals surface area contributed by atoms with Gasteiger partial charge in [-0.1, -0.05) is 29.8 Å². The van der Waals surface area contributed by atoms with Gasteiger partial charge in [0.2, 0.25) is 0 Å². The standard InChI is InChI=1S/C15H21NS/c1-12-3-5-13(6-4-12)15-9-14(15)10-16(11-15)7-2-8-17/h3-6,14,17H,2,7-11H2,1H3. The lowest BCUT2D eigenvalue weighted by Gasteiger charge is -2.20. The third kappa shape index (κ3) is 2.02. The Morgan fingerprint density at radius 2 is 2.12 bits per heavy atom. The van der Waals surface area contributed by atoms with E-state index < -0.39 is 0 Å². The number of hydrogen-bond acceptors (Lipinski definition) is 2. The summed E-state index contributed by atoms with van der Waals surface area (Å²) in [5, 5.41) is 0. The van der Waals surface area contributed by atoms with Crippen LogP contribution in [0.1, 0.15) is 24.0 Å². The zero-order chi connectivity index (χ0) is 11.9. The van der Waals surface area contributed by atoms with E-state index in [4.69, 9.17) is 0 Å². The van der Waals surface area contributed by atoms with Crippen molar-refractivity contribution in [3.8, 4) is 0 Å². The summed E-state index contributed by atoms with van der Waals surface area (Å²) in [5.74, 6) is 1.93. The third-order valence-electron chi connectivity index (χ3n) is 4.48. The number of piperidine rings is 1. The van der Waals surface area contributed by atoms with Crippen LogP contribution in [0, 0.1) is 12.8 Å². The van der Waals surface area contributed by atoms with Gasteiger partial charge < -0.3 is 4.90 Å². The van der Waals surface area contributed by atoms with E-state index in [0.717, 1.165) is 11.7 Å². The van der Waals surface area contributed by atoms with Crippen LogP contribution >= 0.6 is 12.6 Å². The first-order valence-electron chi connectivity index (χ1n) is 6.65. The molecule has 1 aromatic rings. The molecular formula is C15H21NS. The van der Waals surface area contributed by atoms with Gasteiger partial charge in [-0.2, -0.15) is 12.6 Å². The van der Waals surface area contributed by atoms with Crippen LogP contribution in [0.2, 0.25) is 0 Å². The number of aryl methyl sites for hydroxylation is 1. The zero-order valence-corrected chi connectivity index (χ0v) is 11.4. The van der Waals surface area contributed by atoms with Crippen LogP contribution in [0.5, 0.6) is 0 Å². The number of rotatable bonds is 4. The van der Waals surface area contributed by atoms with Gasteiger partial charge >= 0.3 is 0 Å². The van der Waals surface area contributed by atoms with Crippen LogP contribution < -0.4 is 0 Å². The molecule has 2 heteroatoms. The maximum absolute atomic E-state index is 4.30. The quantitative estimate of drug-likeness (QED) is 0.801. The molecule has 92 valence electrons. The van der Waals surface area contributed by atoms with Gasteiger partial charge in [-0.3, -0.25) is 0 Å². The molecule has 1 heterocycles. The maximum Gasteiger partial charge on any atom is 0.0124 e. The van der Waals surface area contributed by atoms with E-state index in [0.29, 0.717) is 5.41 Å². The van der Waals surface area contributed by atoms with Crippen molar-refractivity contribution in [1.29, 1.82) is 0 Å². The van der Waals surface area contributed by atoms with Crippen molar-refractivity contribution < 1.29 is 0 Å². The van der Waals surface area contributed by atoms with Crippen LogP contribution in [-0.2, 0) is 5.41 Å². The van der Waals surface area contributed by atoms with Gasteiger partial charge in [0.15, 0.2) is 0 Å². The van der Waals surface area contributed by atoms with Gasteiger partial charge in [0, 0.05) is 18.5 Å². The summed E-state index contributed by atoms with van der Waals surface area (Å²) in [5.41, 5.74) is 3.46. The number of likely N-dealkylation sites (tertiary alicyclic amines) is 1. The SMILES string of the molecule is Cc1ccc(C23CC2CN(CCCS)C3)cc1. The predicted molar refractivity (Wildman–Crippen MR) is 75.9 cm³/mol. The first kappa shape index (κ1) is 11.6. The topological polar surface area (TPSA) is 3.24 Å². The number of nitrogens with zero attached hydrogens (tertiary/aromatic N) is 1. The van der Waals surface area contributed by atoms with Crippen molar-refractivity contribution in [2.75, 3.05) is 25.4 Å². The summed E-state index contributed by atoms with van der Waals surface area (Å²) in [6.45, 7) is 5.98. The van der Waals surface area contributed by atoms with E-state index in [-0.39, 0.29) is 0 Å². The fraction of sp³-hybridized carbons (Fsp3) is 0.600. The molecule has 2 aliphatic rings. The van der Waals surface area contributed by atoms with Gasteiger partial charge in [0.25, 0.3) is 0 Å². The fourth-order valence-electron chi connectivity index (χ4n) is 3.38. The molecule has 2 unspecified atom stereocenters. The van der Waals surface area contributed by atoms with Gasteiger partial charge in [0.1, 0.15) is 0 Å². The molecule has 2 atom stereocenters. The van der Waals surface area contributed by atoms with Crippen LogP contribution in [0.25, 0.3) is 0 Å². The number of thiol groups is 1. The second-order valence-corrected chi connectivity index (χ2v) is 6.18. The second-order valence-electron chi connectivity index (χ2n) is 5.74. The highest BCUT2D eigenvalue weighted by atomic mass is 32.1. The van der Waals surface area contributed by atoms with Crippen molar-refractivity contribution in [3.63, 3.8) is 0 Å². The Hall–Kier alpha value is -0.470. The van der Waals surface area contributed by atoms with Crippen LogP contribution in [0.4, 0.5) is 0 Å². The normalized spacial score (nSPS) is 31.5. The minimum Gasteiger partial charge on any atom is -0.302 e. The second kappa shape index (κ2) is 4.33. The summed E-state index contributed by atoms with van der Waals surface area (Å²) in [6.07, 6.45) is 2.63. The molecule has 1 aliphatic heterocycles. The molecule has 2 fully saturated rings. The molecule has 1 saturated carbocycles. The molecule has 0 spiro atoms. The first-order valence-corrected chi connectivity index (χ1v) is 7.28. The highest BCUT2D eigenvalue weighted by Crippen LogP contribution is 2.58. The Morgan fingerprint density at radius 3 is 2.82 bits per heavy atom. The Labute approximate surface area is 110 Å². The fourth-order valence-corrected chi connectivity index (χ4v) is 3.53. The zero-order valence-electron chi connectivity index (χ0n) is 10.5. The van der Waals surface area contributed by atoms with Crippen molar-refractivity contribution in [1.82, 2.24) is 4.90 Å². The summed E-state index contributed by atoms with van der Waals surface area (Å²) in [4.78, 5) is 2.63. The van der Waals surface area contributed by atoms with E-state index >= 15 is 0 Å². The Morgan fingerprint density at radius 1 is 1.35 bits per heavy atom. The molecule has 0 aromatic heterocycles. The van der Waals surface area contributed by atoms with Crippen molar-refractivity contribution in [2.24, 2.45) is 5.92 Å². The molecule has 0 bridgehead atoms. The molecule has 0 amide bonds. The predicted octanol–water partition coefficient (Wildman–Crippen LogP) is 2.89. The van der Waals surface area contributed by atoms with Crippen molar-refractivity contribution in [3.05, 3.63) is 35.4 Å². The molecule has 1 nitrogen and oxygen atoms in total. The lowest BCUT2D eigenvalue weighted by Crippen LogP contribution is -2.27. The van der Waals surface area contributed by atoms with E-state index in [2.05, 4.69) is 48.7 Å². The minimum atomic E-state index is 0.518. The highest BCUT2D eigenvalue weighted by molar-refractivity contribution is 7.80. The van der Waals surface area contributed by atoms with Crippen LogP contribution in [0.3, 0.4) is 0 Å². The van der Waals surface area contributed by atoms with Gasteiger partial charge in [0.05, 0.1) is 0 Å². The average molecular weight is 247 g/mol. The number of hydrogen-bond donors (Lipinski definition) is 1. The van der Waals surface area contributed by atoms with Gasteiger partial charge in [-0.05, 0) is 43.5 Å². The maximum atomic E-state index is 4.30. The van der Waals surface area contributed by atoms with E-state index in [1.54, 1.807) is 5.56 Å². The highest BCUT2D eigenvalue weighted by Gasteiger charge is 2.60. The number of benzene rings is 1. The monoisotopic (exact) mass is 247 g/mol.